The van der Waals surface area contributed by atoms with Gasteiger partial charge in [-0.2, -0.15) is 0 Å². The Hall–Kier alpha value is -1.45. The summed E-state index contributed by atoms with van der Waals surface area (Å²) in [5.74, 6) is -0.0242. The lowest BCUT2D eigenvalue weighted by Crippen LogP contribution is -2.50. The Kier molecular flexibility index (Phi) is 6.70. The highest BCUT2D eigenvalue weighted by molar-refractivity contribution is 7.88. The van der Waals surface area contributed by atoms with Crippen LogP contribution in [-0.2, 0) is 24.3 Å². The molecular weight excluding hydrogens is 394 g/mol. The molecule has 0 unspecified atom stereocenters. The van der Waals surface area contributed by atoms with Gasteiger partial charge in [0.05, 0.1) is 11.8 Å². The lowest BCUT2D eigenvalue weighted by molar-refractivity contribution is -0.150. The zero-order chi connectivity index (χ0) is 21.2. The molecule has 2 saturated heterocycles. The van der Waals surface area contributed by atoms with Gasteiger partial charge < -0.3 is 15.0 Å². The standard InChI is InChI=1S/C20H33N3O5S/c1-15-6-4-10-22(14-15)11-5-9-21-18(24)17-16(2)19(25)28-20(17)7-12-23(13-8-20)29(3,26)27/h15H,4-14H2,1-3H3,(H,21,24)/t15-/m0/s1. The van der Waals surface area contributed by atoms with Crippen LogP contribution in [-0.4, -0.2) is 80.6 Å². The van der Waals surface area contributed by atoms with Crippen LogP contribution in [0.3, 0.4) is 0 Å². The molecule has 3 aliphatic heterocycles. The fourth-order valence-electron chi connectivity index (χ4n) is 4.74. The smallest absolute Gasteiger partial charge is 0.335 e. The minimum Gasteiger partial charge on any atom is -0.450 e. The Balaban J connectivity index is 1.57. The fraction of sp³-hybridized carbons (Fsp3) is 0.800. The summed E-state index contributed by atoms with van der Waals surface area (Å²) in [4.78, 5) is 27.6. The molecule has 164 valence electrons. The van der Waals surface area contributed by atoms with Gasteiger partial charge in [-0.05, 0) is 45.2 Å². The molecule has 3 aliphatic rings. The molecule has 1 spiro atoms. The molecule has 9 heteroatoms. The maximum atomic E-state index is 12.9. The van der Waals surface area contributed by atoms with Crippen molar-refractivity contribution in [1.29, 1.82) is 0 Å². The molecule has 0 bridgehead atoms. The molecule has 1 N–H and O–H groups in total. The molecule has 0 aromatic rings. The molecule has 3 heterocycles. The summed E-state index contributed by atoms with van der Waals surface area (Å²) in [5.41, 5.74) is -0.295. The van der Waals surface area contributed by atoms with Crippen molar-refractivity contribution in [3.63, 3.8) is 0 Å². The summed E-state index contributed by atoms with van der Waals surface area (Å²) in [7, 11) is -3.30. The lowest BCUT2D eigenvalue weighted by atomic mass is 9.83. The summed E-state index contributed by atoms with van der Waals surface area (Å²) in [6, 6.07) is 0. The average Bonchev–Trinajstić information content (AvgIpc) is 2.88. The van der Waals surface area contributed by atoms with Crippen molar-refractivity contribution in [2.75, 3.05) is 45.5 Å². The maximum absolute atomic E-state index is 12.9. The first-order valence-corrected chi connectivity index (χ1v) is 12.4. The van der Waals surface area contributed by atoms with Gasteiger partial charge in [-0.15, -0.1) is 0 Å². The predicted molar refractivity (Wildman–Crippen MR) is 110 cm³/mol. The van der Waals surface area contributed by atoms with E-state index < -0.39 is 21.6 Å². The SMILES string of the molecule is CC1=C(C(=O)NCCCN2CCC[C@H](C)C2)C2(CCN(S(C)(=O)=O)CC2)OC1=O. The van der Waals surface area contributed by atoms with Gasteiger partial charge in [-0.1, -0.05) is 6.92 Å². The van der Waals surface area contributed by atoms with E-state index in [0.29, 0.717) is 30.5 Å². The van der Waals surface area contributed by atoms with E-state index in [9.17, 15) is 18.0 Å². The molecule has 0 saturated carbocycles. The zero-order valence-electron chi connectivity index (χ0n) is 17.7. The van der Waals surface area contributed by atoms with Crippen LogP contribution in [0.2, 0.25) is 0 Å². The molecule has 0 aliphatic carbocycles. The minimum atomic E-state index is -3.30. The van der Waals surface area contributed by atoms with E-state index in [4.69, 9.17) is 4.74 Å². The van der Waals surface area contributed by atoms with Crippen molar-refractivity contribution >= 4 is 21.9 Å². The second-order valence-corrected chi connectivity index (χ2v) is 10.7. The van der Waals surface area contributed by atoms with E-state index in [0.717, 1.165) is 32.0 Å². The third-order valence-corrected chi connectivity index (χ3v) is 7.63. The third-order valence-electron chi connectivity index (χ3n) is 6.33. The summed E-state index contributed by atoms with van der Waals surface area (Å²) >= 11 is 0. The van der Waals surface area contributed by atoms with Crippen molar-refractivity contribution in [3.8, 4) is 0 Å². The number of hydrogen-bond donors (Lipinski definition) is 1. The van der Waals surface area contributed by atoms with Crippen LogP contribution < -0.4 is 5.32 Å². The van der Waals surface area contributed by atoms with Gasteiger partial charge in [0, 0.05) is 44.6 Å². The Bertz CT molecular complexity index is 784. The van der Waals surface area contributed by atoms with Gasteiger partial charge in [0.15, 0.2) is 0 Å². The summed E-state index contributed by atoms with van der Waals surface area (Å²) in [5, 5.41) is 2.95. The molecule has 1 atom stereocenters. The topological polar surface area (TPSA) is 96.0 Å². The number of nitrogens with one attached hydrogen (secondary N) is 1. The van der Waals surface area contributed by atoms with Crippen molar-refractivity contribution < 1.29 is 22.7 Å². The first-order chi connectivity index (χ1) is 13.6. The number of piperidine rings is 2. The number of rotatable bonds is 6. The van der Waals surface area contributed by atoms with Crippen molar-refractivity contribution in [2.24, 2.45) is 5.92 Å². The van der Waals surface area contributed by atoms with E-state index in [1.807, 2.05) is 0 Å². The van der Waals surface area contributed by atoms with Gasteiger partial charge >= 0.3 is 5.97 Å². The Morgan fingerprint density at radius 2 is 1.97 bits per heavy atom. The number of nitrogens with zero attached hydrogens (tertiary/aromatic N) is 2. The molecule has 3 rings (SSSR count). The summed E-state index contributed by atoms with van der Waals surface area (Å²) in [6.45, 7) is 8.09. The van der Waals surface area contributed by atoms with Crippen molar-refractivity contribution in [1.82, 2.24) is 14.5 Å². The van der Waals surface area contributed by atoms with E-state index in [1.165, 1.54) is 23.4 Å². The van der Waals surface area contributed by atoms with E-state index in [1.54, 1.807) is 6.92 Å². The Labute approximate surface area is 173 Å². The quantitative estimate of drug-likeness (QED) is 0.500. The molecule has 0 aromatic carbocycles. The number of ether oxygens (including phenoxy) is 1. The second-order valence-electron chi connectivity index (χ2n) is 8.70. The van der Waals surface area contributed by atoms with Crippen LogP contribution in [0, 0.1) is 5.92 Å². The predicted octanol–water partition coefficient (Wildman–Crippen LogP) is 0.892. The molecule has 8 nitrogen and oxygen atoms in total. The number of amides is 1. The first-order valence-electron chi connectivity index (χ1n) is 10.5. The highest BCUT2D eigenvalue weighted by Gasteiger charge is 2.51. The molecule has 1 amide bonds. The summed E-state index contributed by atoms with van der Waals surface area (Å²) in [6.07, 6.45) is 5.15. The van der Waals surface area contributed by atoms with Crippen LogP contribution in [0.15, 0.2) is 11.1 Å². The molecular formula is C20H33N3O5S. The second kappa shape index (κ2) is 8.73. The number of hydrogen-bond acceptors (Lipinski definition) is 6. The van der Waals surface area contributed by atoms with Crippen LogP contribution in [0.5, 0.6) is 0 Å². The van der Waals surface area contributed by atoms with Gasteiger partial charge in [-0.25, -0.2) is 17.5 Å². The average molecular weight is 428 g/mol. The Morgan fingerprint density at radius 1 is 1.28 bits per heavy atom. The maximum Gasteiger partial charge on any atom is 0.335 e. The summed E-state index contributed by atoms with van der Waals surface area (Å²) < 4.78 is 30.5. The number of esters is 1. The number of carbonyl (C=O) groups is 2. The van der Waals surface area contributed by atoms with Gasteiger partial charge in [0.25, 0.3) is 5.91 Å². The molecule has 29 heavy (non-hydrogen) atoms. The molecule has 2 fully saturated rings. The zero-order valence-corrected chi connectivity index (χ0v) is 18.5. The van der Waals surface area contributed by atoms with Gasteiger partial charge in [0.2, 0.25) is 10.0 Å². The van der Waals surface area contributed by atoms with Gasteiger partial charge in [0.1, 0.15) is 5.60 Å². The van der Waals surface area contributed by atoms with Crippen LogP contribution in [0.4, 0.5) is 0 Å². The van der Waals surface area contributed by atoms with Crippen LogP contribution in [0.25, 0.3) is 0 Å². The third kappa shape index (κ3) is 5.00. The first kappa shape index (κ1) is 22.2. The molecule has 0 radical (unpaired) electrons. The van der Waals surface area contributed by atoms with Crippen LogP contribution in [0.1, 0.15) is 46.0 Å². The highest BCUT2D eigenvalue weighted by atomic mass is 32.2. The van der Waals surface area contributed by atoms with Gasteiger partial charge in [-0.3, -0.25) is 4.79 Å². The van der Waals surface area contributed by atoms with E-state index in [2.05, 4.69) is 17.1 Å². The normalized spacial score (nSPS) is 26.0. The molecule has 0 aromatic heterocycles. The largest absolute Gasteiger partial charge is 0.450 e. The highest BCUT2D eigenvalue weighted by Crippen LogP contribution is 2.41. The Morgan fingerprint density at radius 3 is 2.59 bits per heavy atom. The number of carbonyl (C=O) groups excluding carboxylic acids is 2. The van der Waals surface area contributed by atoms with Crippen molar-refractivity contribution in [2.45, 2.75) is 51.6 Å². The van der Waals surface area contributed by atoms with E-state index in [-0.39, 0.29) is 19.0 Å². The lowest BCUT2D eigenvalue weighted by Gasteiger charge is -2.38. The minimum absolute atomic E-state index is 0.239. The number of likely N-dealkylation sites (tertiary alicyclic amines) is 1. The monoisotopic (exact) mass is 427 g/mol. The van der Waals surface area contributed by atoms with E-state index >= 15 is 0 Å². The number of sulfonamides is 1. The van der Waals surface area contributed by atoms with Crippen molar-refractivity contribution in [3.05, 3.63) is 11.1 Å². The van der Waals surface area contributed by atoms with Crippen LogP contribution >= 0.6 is 0 Å². The fourth-order valence-corrected chi connectivity index (χ4v) is 5.59.